The van der Waals surface area contributed by atoms with Crippen LogP contribution in [0.3, 0.4) is 0 Å². The van der Waals surface area contributed by atoms with Gasteiger partial charge in [-0.25, -0.2) is 4.79 Å². The number of carbonyl (C=O) groups is 2. The minimum atomic E-state index is -1.34. The Bertz CT molecular complexity index is 672. The van der Waals surface area contributed by atoms with Crippen molar-refractivity contribution in [3.63, 3.8) is 0 Å². The first kappa shape index (κ1) is 17.1. The number of benzene rings is 1. The normalized spacial score (nSPS) is 24.3. The molecule has 0 aromatic heterocycles. The monoisotopic (exact) mass is 340 g/mol. The van der Waals surface area contributed by atoms with E-state index < -0.39 is 33.3 Å². The maximum atomic E-state index is 12.6. The number of hydrogen-bond acceptors (Lipinski definition) is 5. The Morgan fingerprint density at radius 1 is 1.30 bits per heavy atom. The number of aromatic carboxylic acids is 1. The lowest BCUT2D eigenvalue weighted by Gasteiger charge is -2.37. The molecule has 0 saturated carbocycles. The van der Waals surface area contributed by atoms with Crippen LogP contribution in [0.2, 0.25) is 0 Å². The molecule has 8 nitrogen and oxygen atoms in total. The highest BCUT2D eigenvalue weighted by Crippen LogP contribution is 2.23. The van der Waals surface area contributed by atoms with Gasteiger partial charge in [-0.2, -0.15) is 0 Å². The van der Waals surface area contributed by atoms with Gasteiger partial charge >= 0.3 is 5.97 Å². The molecule has 1 fully saturated rings. The van der Waals surface area contributed by atoms with Crippen molar-refractivity contribution >= 4 is 28.4 Å². The largest absolute Gasteiger partial charge is 0.478 e. The first-order chi connectivity index (χ1) is 10.7. The van der Waals surface area contributed by atoms with E-state index in [-0.39, 0.29) is 29.0 Å². The molecule has 1 saturated heterocycles. The predicted octanol–water partition coefficient (Wildman–Crippen LogP) is 1.27. The van der Waals surface area contributed by atoms with Gasteiger partial charge in [-0.05, 0) is 19.9 Å². The van der Waals surface area contributed by atoms with Gasteiger partial charge in [0.05, 0.1) is 15.7 Å². The van der Waals surface area contributed by atoms with Gasteiger partial charge in [-0.1, -0.05) is 0 Å². The predicted molar refractivity (Wildman–Crippen MR) is 83.0 cm³/mol. The highest BCUT2D eigenvalue weighted by molar-refractivity contribution is 7.85. The molecule has 0 spiro atoms. The topological polar surface area (TPSA) is 118 Å². The van der Waals surface area contributed by atoms with Crippen molar-refractivity contribution in [2.45, 2.75) is 25.1 Å². The van der Waals surface area contributed by atoms with Crippen LogP contribution in [-0.2, 0) is 10.8 Å². The van der Waals surface area contributed by atoms with E-state index >= 15 is 0 Å². The first-order valence-electron chi connectivity index (χ1n) is 6.93. The van der Waals surface area contributed by atoms with Gasteiger partial charge in [0.15, 0.2) is 0 Å². The molecule has 0 radical (unpaired) electrons. The second-order valence-corrected chi connectivity index (χ2v) is 7.27. The minimum absolute atomic E-state index is 0.0525. The number of carboxylic acids is 1. The van der Waals surface area contributed by atoms with Gasteiger partial charge in [-0.15, -0.1) is 0 Å². The van der Waals surface area contributed by atoms with E-state index in [1.807, 2.05) is 0 Å². The Balaban J connectivity index is 2.40. The zero-order valence-electron chi connectivity index (χ0n) is 12.6. The highest BCUT2D eigenvalue weighted by Gasteiger charge is 2.34. The van der Waals surface area contributed by atoms with Crippen LogP contribution in [0.15, 0.2) is 18.2 Å². The van der Waals surface area contributed by atoms with Crippen molar-refractivity contribution in [1.82, 2.24) is 4.90 Å². The summed E-state index contributed by atoms with van der Waals surface area (Å²) in [6.07, 6.45) is 0. The van der Waals surface area contributed by atoms with Crippen LogP contribution >= 0.6 is 0 Å². The second-order valence-electron chi connectivity index (χ2n) is 5.36. The van der Waals surface area contributed by atoms with E-state index in [0.717, 1.165) is 18.2 Å². The quantitative estimate of drug-likeness (QED) is 0.654. The lowest BCUT2D eigenvalue weighted by Crippen LogP contribution is -2.52. The van der Waals surface area contributed by atoms with Gasteiger partial charge in [0.1, 0.15) is 0 Å². The number of nitro benzene ring substituents is 1. The molecule has 1 aliphatic rings. The summed E-state index contributed by atoms with van der Waals surface area (Å²) in [5.41, 5.74) is -0.818. The van der Waals surface area contributed by atoms with Crippen molar-refractivity contribution in [2.75, 3.05) is 12.3 Å². The molecule has 3 atom stereocenters. The molecule has 1 N–H and O–H groups in total. The molecule has 124 valence electrons. The van der Waals surface area contributed by atoms with Crippen LogP contribution in [0.5, 0.6) is 0 Å². The molecular weight excluding hydrogens is 324 g/mol. The third-order valence-electron chi connectivity index (χ3n) is 4.00. The van der Waals surface area contributed by atoms with E-state index in [1.54, 1.807) is 13.8 Å². The summed E-state index contributed by atoms with van der Waals surface area (Å²) in [7, 11) is -1.03. The van der Waals surface area contributed by atoms with Crippen LogP contribution < -0.4 is 0 Å². The number of nitrogens with zero attached hydrogens (tertiary/aromatic N) is 2. The van der Waals surface area contributed by atoms with Gasteiger partial charge in [-0.3, -0.25) is 19.1 Å². The summed E-state index contributed by atoms with van der Waals surface area (Å²) >= 11 is 0. The van der Waals surface area contributed by atoms with E-state index in [4.69, 9.17) is 5.11 Å². The zero-order valence-corrected chi connectivity index (χ0v) is 13.4. The van der Waals surface area contributed by atoms with Crippen LogP contribution in [0.1, 0.15) is 34.6 Å². The Labute approximate surface area is 134 Å². The molecule has 3 unspecified atom stereocenters. The number of hydrogen-bond donors (Lipinski definition) is 1. The molecule has 1 aromatic rings. The summed E-state index contributed by atoms with van der Waals surface area (Å²) < 4.78 is 11.8. The molecule has 0 bridgehead atoms. The standard InChI is InChI=1S/C14H16N2O6S/c1-8-9(2)23(22)4-3-15(8)13(17)10-5-11(14(18)19)7-12(6-10)16(20)21/h5-9H,3-4H2,1-2H3,(H,18,19). The van der Waals surface area contributed by atoms with Crippen molar-refractivity contribution < 1.29 is 23.8 Å². The van der Waals surface area contributed by atoms with Crippen LogP contribution in [0.4, 0.5) is 5.69 Å². The third-order valence-corrected chi connectivity index (χ3v) is 5.81. The minimum Gasteiger partial charge on any atom is -0.478 e. The second kappa shape index (κ2) is 6.45. The first-order valence-corrected chi connectivity index (χ1v) is 8.31. The van der Waals surface area contributed by atoms with Gasteiger partial charge in [0.2, 0.25) is 0 Å². The van der Waals surface area contributed by atoms with E-state index in [0.29, 0.717) is 5.75 Å². The molecular formula is C14H16N2O6S. The molecule has 1 aromatic carbocycles. The Kier molecular flexibility index (Phi) is 4.79. The number of carboxylic acid groups (broad SMARTS) is 1. The van der Waals surface area contributed by atoms with Crippen molar-refractivity contribution in [3.05, 3.63) is 39.4 Å². The summed E-state index contributed by atoms with van der Waals surface area (Å²) in [4.78, 5) is 35.4. The van der Waals surface area contributed by atoms with E-state index in [1.165, 1.54) is 4.90 Å². The average Bonchev–Trinajstić information content (AvgIpc) is 2.51. The number of carbonyl (C=O) groups excluding carboxylic acids is 1. The SMILES string of the molecule is CC1C(C)S(=O)CCN1C(=O)c1cc(C(=O)O)cc([N+](=O)[O-])c1. The Morgan fingerprint density at radius 2 is 1.91 bits per heavy atom. The Hall–Kier alpha value is -2.29. The molecule has 1 amide bonds. The summed E-state index contributed by atoms with van der Waals surface area (Å²) in [5, 5.41) is 19.8. The van der Waals surface area contributed by atoms with Crippen molar-refractivity contribution in [1.29, 1.82) is 0 Å². The lowest BCUT2D eigenvalue weighted by molar-refractivity contribution is -0.384. The van der Waals surface area contributed by atoms with E-state index in [9.17, 15) is 23.9 Å². The van der Waals surface area contributed by atoms with Crippen LogP contribution in [-0.4, -0.2) is 54.6 Å². The number of rotatable bonds is 3. The third kappa shape index (κ3) is 3.39. The van der Waals surface area contributed by atoms with Crippen molar-refractivity contribution in [2.24, 2.45) is 0 Å². The molecule has 2 rings (SSSR count). The fraction of sp³-hybridized carbons (Fsp3) is 0.429. The molecule has 1 aliphatic heterocycles. The number of non-ortho nitro benzene ring substituents is 1. The number of nitro groups is 1. The van der Waals surface area contributed by atoms with Crippen LogP contribution in [0, 0.1) is 10.1 Å². The maximum Gasteiger partial charge on any atom is 0.335 e. The van der Waals surface area contributed by atoms with Gasteiger partial charge in [0, 0.05) is 46.8 Å². The highest BCUT2D eigenvalue weighted by atomic mass is 32.2. The summed E-state index contributed by atoms with van der Waals surface area (Å²) in [6.45, 7) is 3.80. The van der Waals surface area contributed by atoms with Crippen molar-refractivity contribution in [3.8, 4) is 0 Å². The van der Waals surface area contributed by atoms with Crippen LogP contribution in [0.25, 0.3) is 0 Å². The van der Waals surface area contributed by atoms with Gasteiger partial charge in [0.25, 0.3) is 11.6 Å². The summed E-state index contributed by atoms with van der Waals surface area (Å²) in [6, 6.07) is 2.80. The smallest absolute Gasteiger partial charge is 0.335 e. The fourth-order valence-corrected chi connectivity index (χ4v) is 3.80. The average molecular weight is 340 g/mol. The number of amides is 1. The fourth-order valence-electron chi connectivity index (χ4n) is 2.47. The zero-order chi connectivity index (χ0) is 17.3. The lowest BCUT2D eigenvalue weighted by atomic mass is 10.1. The molecule has 1 heterocycles. The van der Waals surface area contributed by atoms with E-state index in [2.05, 4.69) is 0 Å². The molecule has 0 aliphatic carbocycles. The maximum absolute atomic E-state index is 12.6. The van der Waals surface area contributed by atoms with Gasteiger partial charge < -0.3 is 10.0 Å². The molecule has 23 heavy (non-hydrogen) atoms. The Morgan fingerprint density at radius 3 is 2.48 bits per heavy atom. The summed E-state index contributed by atoms with van der Waals surface area (Å²) in [5.74, 6) is -1.51. The molecule has 9 heteroatoms.